The summed E-state index contributed by atoms with van der Waals surface area (Å²) in [6, 6.07) is -0.280. The summed E-state index contributed by atoms with van der Waals surface area (Å²) >= 11 is 0. The third kappa shape index (κ3) is 3.15. The van der Waals surface area contributed by atoms with Crippen molar-refractivity contribution in [3.05, 3.63) is 0 Å². The molecule has 1 heterocycles. The van der Waals surface area contributed by atoms with Crippen LogP contribution in [-0.4, -0.2) is 44.4 Å². The second-order valence-corrected chi connectivity index (χ2v) is 3.93. The first-order chi connectivity index (χ1) is 7.13. The monoisotopic (exact) mass is 216 g/mol. The molecule has 0 saturated carbocycles. The summed E-state index contributed by atoms with van der Waals surface area (Å²) in [5.41, 5.74) is 4.95. The van der Waals surface area contributed by atoms with E-state index < -0.39 is 0 Å². The van der Waals surface area contributed by atoms with Crippen LogP contribution in [-0.2, 0) is 14.3 Å². The third-order valence-corrected chi connectivity index (χ3v) is 2.92. The minimum atomic E-state index is -0.317. The zero-order valence-corrected chi connectivity index (χ0v) is 9.41. The van der Waals surface area contributed by atoms with E-state index in [0.29, 0.717) is 26.2 Å². The number of hydrogen-bond acceptors (Lipinski definition) is 4. The van der Waals surface area contributed by atoms with Gasteiger partial charge in [-0.1, -0.05) is 6.92 Å². The number of methoxy groups -OCH3 is 1. The van der Waals surface area contributed by atoms with Crippen molar-refractivity contribution in [2.75, 3.05) is 26.9 Å². The molecule has 0 radical (unpaired) electrons. The van der Waals surface area contributed by atoms with Crippen LogP contribution >= 0.6 is 0 Å². The molecule has 0 spiro atoms. The summed E-state index contributed by atoms with van der Waals surface area (Å²) in [6.45, 7) is 3.81. The Morgan fingerprint density at radius 2 is 2.47 bits per heavy atom. The normalized spacial score (nSPS) is 27.9. The predicted octanol–water partition coefficient (Wildman–Crippen LogP) is -0.355. The Morgan fingerprint density at radius 1 is 1.73 bits per heavy atom. The maximum absolute atomic E-state index is 11.0. The molecule has 0 aromatic heterocycles. The highest BCUT2D eigenvalue weighted by Crippen LogP contribution is 2.21. The molecule has 1 aliphatic rings. The maximum atomic E-state index is 11.0. The molecule has 15 heavy (non-hydrogen) atoms. The van der Waals surface area contributed by atoms with Crippen molar-refractivity contribution < 1.29 is 14.3 Å². The zero-order valence-electron chi connectivity index (χ0n) is 9.41. The number of nitrogens with one attached hydrogen (secondary N) is 1. The maximum Gasteiger partial charge on any atom is 0.234 e. The van der Waals surface area contributed by atoms with Gasteiger partial charge in [0.15, 0.2) is 0 Å². The summed E-state index contributed by atoms with van der Waals surface area (Å²) in [7, 11) is 1.67. The lowest BCUT2D eigenvalue weighted by Crippen LogP contribution is -2.50. The number of ether oxygens (including phenoxy) is 2. The van der Waals surface area contributed by atoms with Crippen molar-refractivity contribution in [1.82, 2.24) is 5.32 Å². The highest BCUT2D eigenvalue weighted by atomic mass is 16.5. The molecular formula is C10H20N2O3. The average molecular weight is 216 g/mol. The molecule has 0 aromatic carbocycles. The Balaban J connectivity index is 2.42. The summed E-state index contributed by atoms with van der Waals surface area (Å²) in [5, 5.41) is 3.12. The second kappa shape index (κ2) is 5.44. The van der Waals surface area contributed by atoms with Crippen LogP contribution in [0.4, 0.5) is 0 Å². The van der Waals surface area contributed by atoms with Crippen molar-refractivity contribution in [2.24, 2.45) is 5.73 Å². The van der Waals surface area contributed by atoms with Gasteiger partial charge >= 0.3 is 0 Å². The van der Waals surface area contributed by atoms with Gasteiger partial charge in [0.2, 0.25) is 5.91 Å². The molecule has 88 valence electrons. The Morgan fingerprint density at radius 3 is 2.87 bits per heavy atom. The Hall–Kier alpha value is -0.650. The SMILES string of the molecule is CCC(NCC1(OC)CCOC1)C(N)=O. The molecule has 3 N–H and O–H groups in total. The largest absolute Gasteiger partial charge is 0.378 e. The van der Waals surface area contributed by atoms with Gasteiger partial charge in [0, 0.05) is 26.7 Å². The molecule has 2 atom stereocenters. The summed E-state index contributed by atoms with van der Waals surface area (Å²) in [4.78, 5) is 11.0. The molecule has 5 nitrogen and oxygen atoms in total. The second-order valence-electron chi connectivity index (χ2n) is 3.93. The van der Waals surface area contributed by atoms with Crippen molar-refractivity contribution >= 4 is 5.91 Å². The number of carbonyl (C=O) groups is 1. The van der Waals surface area contributed by atoms with E-state index in [2.05, 4.69) is 5.32 Å². The quantitative estimate of drug-likeness (QED) is 0.636. The Kier molecular flexibility index (Phi) is 4.50. The molecular weight excluding hydrogens is 196 g/mol. The van der Waals surface area contributed by atoms with E-state index in [0.717, 1.165) is 6.42 Å². The lowest BCUT2D eigenvalue weighted by molar-refractivity contribution is -0.120. The fourth-order valence-electron chi connectivity index (χ4n) is 1.72. The first-order valence-corrected chi connectivity index (χ1v) is 5.29. The minimum absolute atomic E-state index is 0.280. The van der Waals surface area contributed by atoms with Crippen molar-refractivity contribution in [1.29, 1.82) is 0 Å². The van der Waals surface area contributed by atoms with E-state index in [-0.39, 0.29) is 17.6 Å². The van der Waals surface area contributed by atoms with Crippen LogP contribution < -0.4 is 11.1 Å². The van der Waals surface area contributed by atoms with E-state index in [1.807, 2.05) is 6.92 Å². The number of nitrogens with two attached hydrogens (primary N) is 1. The van der Waals surface area contributed by atoms with Crippen LogP contribution in [0.1, 0.15) is 19.8 Å². The van der Waals surface area contributed by atoms with Crippen LogP contribution in [0, 0.1) is 0 Å². The molecule has 0 bridgehead atoms. The van der Waals surface area contributed by atoms with E-state index in [1.54, 1.807) is 7.11 Å². The number of rotatable bonds is 6. The van der Waals surface area contributed by atoms with Crippen molar-refractivity contribution in [2.45, 2.75) is 31.4 Å². The zero-order chi connectivity index (χ0) is 11.3. The van der Waals surface area contributed by atoms with Crippen LogP contribution in [0.15, 0.2) is 0 Å². The van der Waals surface area contributed by atoms with Gasteiger partial charge in [0.1, 0.15) is 5.60 Å². The van der Waals surface area contributed by atoms with E-state index in [9.17, 15) is 4.79 Å². The van der Waals surface area contributed by atoms with E-state index >= 15 is 0 Å². The number of hydrogen-bond donors (Lipinski definition) is 2. The smallest absolute Gasteiger partial charge is 0.234 e. The van der Waals surface area contributed by atoms with Gasteiger partial charge in [-0.05, 0) is 6.42 Å². The third-order valence-electron chi connectivity index (χ3n) is 2.92. The first kappa shape index (κ1) is 12.4. The van der Waals surface area contributed by atoms with Gasteiger partial charge in [-0.25, -0.2) is 0 Å². The highest BCUT2D eigenvalue weighted by Gasteiger charge is 2.35. The molecule has 1 amide bonds. The first-order valence-electron chi connectivity index (χ1n) is 5.29. The van der Waals surface area contributed by atoms with E-state index in [4.69, 9.17) is 15.2 Å². The molecule has 0 aliphatic carbocycles. The van der Waals surface area contributed by atoms with Crippen LogP contribution in [0.5, 0.6) is 0 Å². The standard InChI is InChI=1S/C10H20N2O3/c1-3-8(9(11)13)12-6-10(14-2)4-5-15-7-10/h8,12H,3-7H2,1-2H3,(H2,11,13). The molecule has 2 unspecified atom stereocenters. The lowest BCUT2D eigenvalue weighted by Gasteiger charge is -2.27. The minimum Gasteiger partial charge on any atom is -0.378 e. The summed E-state index contributed by atoms with van der Waals surface area (Å²) in [6.07, 6.45) is 1.54. The summed E-state index contributed by atoms with van der Waals surface area (Å²) < 4.78 is 10.7. The average Bonchev–Trinajstić information content (AvgIpc) is 2.68. The van der Waals surface area contributed by atoms with Crippen LogP contribution in [0.2, 0.25) is 0 Å². The van der Waals surface area contributed by atoms with Gasteiger partial charge in [-0.2, -0.15) is 0 Å². The predicted molar refractivity (Wildman–Crippen MR) is 56.5 cm³/mol. The highest BCUT2D eigenvalue weighted by molar-refractivity contribution is 5.79. The topological polar surface area (TPSA) is 73.6 Å². The number of carbonyl (C=O) groups excluding carboxylic acids is 1. The van der Waals surface area contributed by atoms with Crippen LogP contribution in [0.25, 0.3) is 0 Å². The van der Waals surface area contributed by atoms with Gasteiger partial charge in [0.25, 0.3) is 0 Å². The summed E-state index contributed by atoms with van der Waals surface area (Å²) in [5.74, 6) is -0.317. The lowest BCUT2D eigenvalue weighted by atomic mass is 10.0. The van der Waals surface area contributed by atoms with E-state index in [1.165, 1.54) is 0 Å². The molecule has 5 heteroatoms. The Labute approximate surface area is 90.3 Å². The van der Waals surface area contributed by atoms with Crippen molar-refractivity contribution in [3.8, 4) is 0 Å². The number of amides is 1. The Bertz CT molecular complexity index is 215. The van der Waals surface area contributed by atoms with Gasteiger partial charge in [0.05, 0.1) is 12.6 Å². The molecule has 0 aromatic rings. The van der Waals surface area contributed by atoms with Gasteiger partial charge in [-0.3, -0.25) is 4.79 Å². The molecule has 1 saturated heterocycles. The molecule has 1 rings (SSSR count). The van der Waals surface area contributed by atoms with Gasteiger partial charge in [-0.15, -0.1) is 0 Å². The fourth-order valence-corrected chi connectivity index (χ4v) is 1.72. The number of primary amides is 1. The fraction of sp³-hybridized carbons (Fsp3) is 0.900. The molecule has 1 fully saturated rings. The van der Waals surface area contributed by atoms with Crippen molar-refractivity contribution in [3.63, 3.8) is 0 Å². The molecule has 1 aliphatic heterocycles. The van der Waals surface area contributed by atoms with Gasteiger partial charge < -0.3 is 20.5 Å². The van der Waals surface area contributed by atoms with Crippen LogP contribution in [0.3, 0.4) is 0 Å².